The Labute approximate surface area is 114 Å². The fourth-order valence-electron chi connectivity index (χ4n) is 3.28. The smallest absolute Gasteiger partial charge is 0.318 e. The lowest BCUT2D eigenvalue weighted by atomic mass is 9.74. The number of hydrogen-bond donors (Lipinski definition) is 2. The van der Waals surface area contributed by atoms with Gasteiger partial charge in [0.15, 0.2) is 0 Å². The van der Waals surface area contributed by atoms with Gasteiger partial charge in [-0.2, -0.15) is 0 Å². The number of carbonyl (C=O) groups excluding carboxylic acids is 1. The van der Waals surface area contributed by atoms with Gasteiger partial charge in [-0.05, 0) is 38.0 Å². The fourth-order valence-corrected chi connectivity index (χ4v) is 3.28. The van der Waals surface area contributed by atoms with Crippen LogP contribution in [-0.4, -0.2) is 40.1 Å². The van der Waals surface area contributed by atoms with E-state index in [2.05, 4.69) is 19.2 Å². The van der Waals surface area contributed by atoms with Crippen molar-refractivity contribution in [2.45, 2.75) is 64.0 Å². The molecule has 0 aromatic carbocycles. The van der Waals surface area contributed by atoms with Gasteiger partial charge < -0.3 is 15.3 Å². The van der Waals surface area contributed by atoms with E-state index in [1.807, 2.05) is 4.90 Å². The maximum atomic E-state index is 12.4. The summed E-state index contributed by atoms with van der Waals surface area (Å²) in [6.45, 7) is 5.05. The van der Waals surface area contributed by atoms with Crippen molar-refractivity contribution in [2.75, 3.05) is 6.54 Å². The maximum absolute atomic E-state index is 12.4. The van der Waals surface area contributed by atoms with Crippen LogP contribution in [0.15, 0.2) is 0 Å². The maximum Gasteiger partial charge on any atom is 0.318 e. The Balaban J connectivity index is 1.98. The minimum atomic E-state index is -0.832. The Morgan fingerprint density at radius 2 is 2.05 bits per heavy atom. The first-order valence-electron chi connectivity index (χ1n) is 7.24. The molecule has 2 fully saturated rings. The Kier molecular flexibility index (Phi) is 4.02. The number of urea groups is 1. The highest BCUT2D eigenvalue weighted by Gasteiger charge is 2.42. The van der Waals surface area contributed by atoms with Crippen LogP contribution in [-0.2, 0) is 4.79 Å². The number of hydrogen-bond acceptors (Lipinski definition) is 2. The zero-order valence-corrected chi connectivity index (χ0v) is 11.8. The summed E-state index contributed by atoms with van der Waals surface area (Å²) in [6.07, 6.45) is 4.70. The molecule has 1 saturated carbocycles. The van der Waals surface area contributed by atoms with Crippen LogP contribution in [0.2, 0.25) is 0 Å². The van der Waals surface area contributed by atoms with Crippen molar-refractivity contribution in [3.8, 4) is 0 Å². The average molecular weight is 268 g/mol. The van der Waals surface area contributed by atoms with Crippen LogP contribution in [0, 0.1) is 5.92 Å². The summed E-state index contributed by atoms with van der Waals surface area (Å²) in [5.74, 6) is -0.383. The molecule has 0 spiro atoms. The summed E-state index contributed by atoms with van der Waals surface area (Å²) < 4.78 is 0. The summed E-state index contributed by atoms with van der Waals surface area (Å²) in [5.41, 5.74) is -0.493. The van der Waals surface area contributed by atoms with Crippen LogP contribution in [0.4, 0.5) is 4.79 Å². The van der Waals surface area contributed by atoms with Crippen molar-refractivity contribution in [1.29, 1.82) is 0 Å². The molecule has 2 aliphatic rings. The number of nitrogens with zero attached hydrogens (tertiary/aromatic N) is 1. The molecule has 5 nitrogen and oxygen atoms in total. The van der Waals surface area contributed by atoms with Gasteiger partial charge in [0.05, 0.1) is 12.0 Å². The van der Waals surface area contributed by atoms with Gasteiger partial charge in [0, 0.05) is 12.6 Å². The predicted octanol–water partition coefficient (Wildman–Crippen LogP) is 2.21. The first-order chi connectivity index (χ1) is 8.93. The Hall–Kier alpha value is -1.26. The normalized spacial score (nSPS) is 25.2. The van der Waals surface area contributed by atoms with Gasteiger partial charge in [0.1, 0.15) is 0 Å². The molecule has 0 aromatic rings. The molecule has 1 aliphatic heterocycles. The second kappa shape index (κ2) is 5.39. The predicted molar refractivity (Wildman–Crippen MR) is 71.9 cm³/mol. The van der Waals surface area contributed by atoms with Crippen molar-refractivity contribution < 1.29 is 14.7 Å². The lowest BCUT2D eigenvalue weighted by Crippen LogP contribution is -2.59. The van der Waals surface area contributed by atoms with E-state index in [1.54, 1.807) is 0 Å². The van der Waals surface area contributed by atoms with Crippen molar-refractivity contribution >= 4 is 12.0 Å². The molecule has 108 valence electrons. The number of likely N-dealkylation sites (tertiary alicyclic amines) is 1. The van der Waals surface area contributed by atoms with Crippen LogP contribution in [0.5, 0.6) is 0 Å². The minimum Gasteiger partial charge on any atom is -0.481 e. The monoisotopic (exact) mass is 268 g/mol. The van der Waals surface area contributed by atoms with Crippen molar-refractivity contribution in [2.24, 2.45) is 5.92 Å². The molecule has 19 heavy (non-hydrogen) atoms. The van der Waals surface area contributed by atoms with Gasteiger partial charge in [-0.3, -0.25) is 4.79 Å². The topological polar surface area (TPSA) is 69.6 Å². The van der Waals surface area contributed by atoms with Crippen LogP contribution >= 0.6 is 0 Å². The van der Waals surface area contributed by atoms with Crippen molar-refractivity contribution in [1.82, 2.24) is 10.2 Å². The summed E-state index contributed by atoms with van der Waals surface area (Å²) in [5, 5.41) is 12.0. The highest BCUT2D eigenvalue weighted by molar-refractivity contribution is 5.77. The van der Waals surface area contributed by atoms with Gasteiger partial charge in [-0.1, -0.05) is 13.8 Å². The standard InChI is InChI=1S/C14H24N2O3/c1-10(2)11-5-3-8-16(11)13(19)15-14(6-4-7-14)9-12(17)18/h10-11H,3-9H2,1-2H3,(H,15,19)(H,17,18). The molecule has 1 heterocycles. The number of rotatable bonds is 4. The number of carboxylic acids is 1. The molecule has 2 N–H and O–H groups in total. The molecule has 0 radical (unpaired) electrons. The first kappa shape index (κ1) is 14.2. The largest absolute Gasteiger partial charge is 0.481 e. The van der Waals surface area contributed by atoms with Crippen LogP contribution in [0.3, 0.4) is 0 Å². The Morgan fingerprint density at radius 1 is 1.37 bits per heavy atom. The third kappa shape index (κ3) is 3.01. The zero-order chi connectivity index (χ0) is 14.0. The minimum absolute atomic E-state index is 0.0406. The van der Waals surface area contributed by atoms with Gasteiger partial charge in [-0.15, -0.1) is 0 Å². The van der Waals surface area contributed by atoms with Crippen molar-refractivity contribution in [3.05, 3.63) is 0 Å². The van der Waals surface area contributed by atoms with Crippen molar-refractivity contribution in [3.63, 3.8) is 0 Å². The summed E-state index contributed by atoms with van der Waals surface area (Å²) in [4.78, 5) is 25.2. The lowest BCUT2D eigenvalue weighted by Gasteiger charge is -2.43. The molecule has 1 saturated heterocycles. The van der Waals surface area contributed by atoms with Gasteiger partial charge in [0.25, 0.3) is 0 Å². The molecule has 2 rings (SSSR count). The summed E-state index contributed by atoms with van der Waals surface area (Å²) >= 11 is 0. The van der Waals surface area contributed by atoms with E-state index in [4.69, 9.17) is 5.11 Å². The van der Waals surface area contributed by atoms with E-state index in [0.29, 0.717) is 12.0 Å². The quantitative estimate of drug-likeness (QED) is 0.821. The highest BCUT2D eigenvalue weighted by Crippen LogP contribution is 2.35. The number of aliphatic carboxylic acids is 1. The van der Waals surface area contributed by atoms with E-state index < -0.39 is 11.5 Å². The van der Waals surface area contributed by atoms with Crippen LogP contribution in [0.1, 0.15) is 52.4 Å². The molecular weight excluding hydrogens is 244 g/mol. The highest BCUT2D eigenvalue weighted by atomic mass is 16.4. The van der Waals surface area contributed by atoms with Crippen LogP contribution < -0.4 is 5.32 Å². The van der Waals surface area contributed by atoms with Crippen LogP contribution in [0.25, 0.3) is 0 Å². The molecule has 0 bridgehead atoms. The molecule has 1 unspecified atom stereocenters. The van der Waals surface area contributed by atoms with E-state index in [1.165, 1.54) is 0 Å². The van der Waals surface area contributed by atoms with Gasteiger partial charge in [0.2, 0.25) is 0 Å². The lowest BCUT2D eigenvalue weighted by molar-refractivity contribution is -0.139. The number of amides is 2. The molecule has 1 atom stereocenters. The third-order valence-electron chi connectivity index (χ3n) is 4.50. The SMILES string of the molecule is CC(C)C1CCCN1C(=O)NC1(CC(=O)O)CCC1. The number of nitrogens with one attached hydrogen (secondary N) is 1. The number of carbonyl (C=O) groups is 2. The van der Waals surface area contributed by atoms with Gasteiger partial charge >= 0.3 is 12.0 Å². The van der Waals surface area contributed by atoms with E-state index in [-0.39, 0.29) is 12.5 Å². The average Bonchev–Trinajstić information content (AvgIpc) is 2.74. The second-order valence-corrected chi connectivity index (χ2v) is 6.28. The van der Waals surface area contributed by atoms with E-state index >= 15 is 0 Å². The summed E-state index contributed by atoms with van der Waals surface area (Å²) in [7, 11) is 0. The zero-order valence-electron chi connectivity index (χ0n) is 11.8. The first-order valence-corrected chi connectivity index (χ1v) is 7.24. The molecular formula is C14H24N2O3. The van der Waals surface area contributed by atoms with E-state index in [9.17, 15) is 9.59 Å². The molecule has 5 heteroatoms. The third-order valence-corrected chi connectivity index (χ3v) is 4.50. The van der Waals surface area contributed by atoms with Gasteiger partial charge in [-0.25, -0.2) is 4.79 Å². The summed E-state index contributed by atoms with van der Waals surface area (Å²) in [6, 6.07) is 0.221. The second-order valence-electron chi connectivity index (χ2n) is 6.28. The number of carboxylic acid groups (broad SMARTS) is 1. The molecule has 1 aliphatic carbocycles. The van der Waals surface area contributed by atoms with E-state index in [0.717, 1.165) is 38.6 Å². The molecule has 2 amide bonds. The molecule has 0 aromatic heterocycles. The Bertz CT molecular complexity index is 364. The fraction of sp³-hybridized carbons (Fsp3) is 0.857. The Morgan fingerprint density at radius 3 is 2.53 bits per heavy atom.